The molecule has 0 saturated carbocycles. The van der Waals surface area contributed by atoms with E-state index in [0.29, 0.717) is 23.8 Å². The highest BCUT2D eigenvalue weighted by molar-refractivity contribution is 5.81. The van der Waals surface area contributed by atoms with E-state index in [-0.39, 0.29) is 16.9 Å². The number of H-pyrrole nitrogens is 1. The molecule has 2 aromatic carbocycles. The van der Waals surface area contributed by atoms with Crippen molar-refractivity contribution < 1.29 is 9.47 Å². The van der Waals surface area contributed by atoms with Crippen LogP contribution in [0.15, 0.2) is 58.4 Å². The molecule has 3 rings (SSSR count). The van der Waals surface area contributed by atoms with Gasteiger partial charge in [0.25, 0.3) is 5.56 Å². The van der Waals surface area contributed by atoms with Crippen molar-refractivity contribution >= 4 is 12.2 Å². The third-order valence-electron chi connectivity index (χ3n) is 4.22. The molecule has 0 unspecified atom stereocenters. The van der Waals surface area contributed by atoms with Gasteiger partial charge in [-0.25, -0.2) is 5.43 Å². The molecule has 0 bridgehead atoms. The topological polar surface area (TPSA) is 101 Å². The summed E-state index contributed by atoms with van der Waals surface area (Å²) in [5.41, 5.74) is 4.22. The van der Waals surface area contributed by atoms with E-state index in [2.05, 4.69) is 25.7 Å². The highest BCUT2D eigenvalue weighted by atomic mass is 16.5. The molecule has 156 valence electrons. The van der Waals surface area contributed by atoms with Crippen LogP contribution >= 0.6 is 0 Å². The van der Waals surface area contributed by atoms with Crippen LogP contribution in [-0.4, -0.2) is 28.5 Å². The molecular formula is C22H25N5O3. The summed E-state index contributed by atoms with van der Waals surface area (Å²) in [6, 6.07) is 15.4. The van der Waals surface area contributed by atoms with Gasteiger partial charge in [-0.05, 0) is 29.3 Å². The standard InChI is InChI=1S/C22H25N5O3/c1-22(2,3)19-20(28)24-21(27-25-19)26-23-13-16-10-11-17(18(12-16)29-4)30-14-15-8-6-5-7-9-15/h5-13H,14H2,1-4H3,(H2,24,26,27,28)/b23-13+. The average Bonchev–Trinajstić information content (AvgIpc) is 2.72. The molecule has 0 aliphatic rings. The van der Waals surface area contributed by atoms with Crippen LogP contribution in [0.25, 0.3) is 0 Å². The van der Waals surface area contributed by atoms with Crippen LogP contribution in [0.4, 0.5) is 5.95 Å². The minimum atomic E-state index is -0.386. The molecular weight excluding hydrogens is 382 g/mol. The number of aromatic amines is 1. The second kappa shape index (κ2) is 9.21. The molecule has 0 spiro atoms. The molecule has 3 aromatic rings. The summed E-state index contributed by atoms with van der Waals surface area (Å²) in [6.45, 7) is 6.15. The van der Waals surface area contributed by atoms with Crippen molar-refractivity contribution in [2.24, 2.45) is 5.10 Å². The van der Waals surface area contributed by atoms with Gasteiger partial charge in [0.1, 0.15) is 12.3 Å². The van der Waals surface area contributed by atoms with Gasteiger partial charge in [0, 0.05) is 5.41 Å². The van der Waals surface area contributed by atoms with E-state index in [1.165, 1.54) is 0 Å². The molecule has 0 fully saturated rings. The molecule has 8 heteroatoms. The number of ether oxygens (including phenoxy) is 2. The van der Waals surface area contributed by atoms with Crippen molar-refractivity contribution in [3.63, 3.8) is 0 Å². The lowest BCUT2D eigenvalue weighted by atomic mass is 9.93. The molecule has 0 radical (unpaired) electrons. The quantitative estimate of drug-likeness (QED) is 0.459. The fraction of sp³-hybridized carbons (Fsp3) is 0.273. The first-order valence-electron chi connectivity index (χ1n) is 9.48. The Bertz CT molecular complexity index is 1070. The van der Waals surface area contributed by atoms with Crippen molar-refractivity contribution in [2.45, 2.75) is 32.8 Å². The lowest BCUT2D eigenvalue weighted by molar-refractivity contribution is 0.284. The molecule has 1 heterocycles. The number of nitrogens with one attached hydrogen (secondary N) is 2. The summed E-state index contributed by atoms with van der Waals surface area (Å²) in [6.07, 6.45) is 1.58. The molecule has 1 aromatic heterocycles. The Labute approximate surface area is 175 Å². The highest BCUT2D eigenvalue weighted by Crippen LogP contribution is 2.28. The molecule has 2 N–H and O–H groups in total. The third kappa shape index (κ3) is 5.44. The second-order valence-electron chi connectivity index (χ2n) is 7.66. The predicted molar refractivity (Wildman–Crippen MR) is 116 cm³/mol. The summed E-state index contributed by atoms with van der Waals surface area (Å²) >= 11 is 0. The van der Waals surface area contributed by atoms with Crippen LogP contribution in [0.1, 0.15) is 37.6 Å². The monoisotopic (exact) mass is 407 g/mol. The minimum Gasteiger partial charge on any atom is -0.493 e. The maximum atomic E-state index is 12.1. The zero-order chi connectivity index (χ0) is 21.6. The van der Waals surface area contributed by atoms with Gasteiger partial charge in [-0.15, -0.1) is 10.2 Å². The molecule has 0 amide bonds. The number of aromatic nitrogens is 3. The Hall–Kier alpha value is -3.68. The van der Waals surface area contributed by atoms with Crippen molar-refractivity contribution in [1.82, 2.24) is 15.2 Å². The fourth-order valence-corrected chi connectivity index (χ4v) is 2.67. The normalized spacial score (nSPS) is 11.5. The van der Waals surface area contributed by atoms with Gasteiger partial charge in [0.2, 0.25) is 5.95 Å². The number of benzene rings is 2. The summed E-state index contributed by atoms with van der Waals surface area (Å²) in [5, 5.41) is 12.1. The van der Waals surface area contributed by atoms with E-state index < -0.39 is 0 Å². The molecule has 0 aliphatic heterocycles. The summed E-state index contributed by atoms with van der Waals surface area (Å²) in [5.74, 6) is 1.40. The van der Waals surface area contributed by atoms with Crippen molar-refractivity contribution in [3.8, 4) is 11.5 Å². The second-order valence-corrected chi connectivity index (χ2v) is 7.66. The van der Waals surface area contributed by atoms with E-state index in [1.54, 1.807) is 13.3 Å². The van der Waals surface area contributed by atoms with Crippen LogP contribution in [-0.2, 0) is 12.0 Å². The smallest absolute Gasteiger partial charge is 0.274 e. The molecule has 30 heavy (non-hydrogen) atoms. The van der Waals surface area contributed by atoms with E-state index in [0.717, 1.165) is 11.1 Å². The van der Waals surface area contributed by atoms with E-state index in [9.17, 15) is 4.79 Å². The third-order valence-corrected chi connectivity index (χ3v) is 4.22. The van der Waals surface area contributed by atoms with Crippen molar-refractivity contribution in [3.05, 3.63) is 75.7 Å². The summed E-state index contributed by atoms with van der Waals surface area (Å²) in [4.78, 5) is 14.8. The van der Waals surface area contributed by atoms with Gasteiger partial charge in [0.15, 0.2) is 11.5 Å². The van der Waals surface area contributed by atoms with Gasteiger partial charge in [-0.1, -0.05) is 51.1 Å². The van der Waals surface area contributed by atoms with Gasteiger partial charge < -0.3 is 9.47 Å². The number of methoxy groups -OCH3 is 1. The number of anilines is 1. The van der Waals surface area contributed by atoms with Gasteiger partial charge >= 0.3 is 0 Å². The van der Waals surface area contributed by atoms with Crippen LogP contribution in [0.2, 0.25) is 0 Å². The van der Waals surface area contributed by atoms with Crippen molar-refractivity contribution in [1.29, 1.82) is 0 Å². The number of rotatable bonds is 7. The summed E-state index contributed by atoms with van der Waals surface area (Å²) < 4.78 is 11.3. The van der Waals surface area contributed by atoms with Gasteiger partial charge in [-0.3, -0.25) is 9.78 Å². The van der Waals surface area contributed by atoms with E-state index in [1.807, 2.05) is 69.3 Å². The van der Waals surface area contributed by atoms with E-state index >= 15 is 0 Å². The Morgan fingerprint density at radius 1 is 1.10 bits per heavy atom. The average molecular weight is 407 g/mol. The number of nitrogens with zero attached hydrogens (tertiary/aromatic N) is 3. The highest BCUT2D eigenvalue weighted by Gasteiger charge is 2.20. The van der Waals surface area contributed by atoms with Gasteiger partial charge in [0.05, 0.1) is 13.3 Å². The first-order valence-corrected chi connectivity index (χ1v) is 9.48. The number of hydrogen-bond donors (Lipinski definition) is 2. The summed E-state index contributed by atoms with van der Waals surface area (Å²) in [7, 11) is 1.58. The van der Waals surface area contributed by atoms with E-state index in [4.69, 9.17) is 9.47 Å². The predicted octanol–water partition coefficient (Wildman–Crippen LogP) is 3.50. The zero-order valence-electron chi connectivity index (χ0n) is 17.5. The SMILES string of the molecule is COc1cc(/C=N/Nc2nnc(C(C)(C)C)c(=O)[nH]2)ccc1OCc1ccccc1. The van der Waals surface area contributed by atoms with Crippen LogP contribution in [0.5, 0.6) is 11.5 Å². The molecule has 8 nitrogen and oxygen atoms in total. The molecule has 0 aliphatic carbocycles. The lowest BCUT2D eigenvalue weighted by Gasteiger charge is -2.15. The Balaban J connectivity index is 1.66. The largest absolute Gasteiger partial charge is 0.493 e. The van der Waals surface area contributed by atoms with Gasteiger partial charge in [-0.2, -0.15) is 5.10 Å². The molecule has 0 atom stereocenters. The van der Waals surface area contributed by atoms with Crippen LogP contribution in [0.3, 0.4) is 0 Å². The number of hydrazone groups is 1. The molecule has 0 saturated heterocycles. The Morgan fingerprint density at radius 2 is 1.87 bits per heavy atom. The van der Waals surface area contributed by atoms with Crippen LogP contribution < -0.4 is 20.5 Å². The minimum absolute atomic E-state index is 0.166. The van der Waals surface area contributed by atoms with Crippen molar-refractivity contribution in [2.75, 3.05) is 12.5 Å². The Morgan fingerprint density at radius 3 is 2.53 bits per heavy atom. The first kappa shape index (κ1) is 21.0. The lowest BCUT2D eigenvalue weighted by Crippen LogP contribution is -2.28. The fourth-order valence-electron chi connectivity index (χ4n) is 2.67. The zero-order valence-corrected chi connectivity index (χ0v) is 17.5. The Kier molecular flexibility index (Phi) is 6.46. The maximum absolute atomic E-state index is 12.1. The first-order chi connectivity index (χ1) is 14.4. The van der Waals surface area contributed by atoms with Crippen LogP contribution in [0, 0.1) is 0 Å². The maximum Gasteiger partial charge on any atom is 0.274 e. The number of hydrogen-bond acceptors (Lipinski definition) is 7.